The van der Waals surface area contributed by atoms with Gasteiger partial charge in [0.05, 0.1) is 16.5 Å². The molecule has 1 atom stereocenters. The summed E-state index contributed by atoms with van der Waals surface area (Å²) in [4.78, 5) is 16.4. The van der Waals surface area contributed by atoms with E-state index < -0.39 is 0 Å². The molecular weight excluding hydrogens is 272 g/mol. The molecule has 2 heterocycles. The lowest BCUT2D eigenvalue weighted by molar-refractivity contribution is -0.115. The van der Waals surface area contributed by atoms with Crippen molar-refractivity contribution in [2.45, 2.75) is 37.1 Å². The van der Waals surface area contributed by atoms with Crippen LogP contribution < -0.4 is 5.32 Å². The Kier molecular flexibility index (Phi) is 4.79. The second-order valence-electron chi connectivity index (χ2n) is 4.67. The van der Waals surface area contributed by atoms with Gasteiger partial charge in [-0.2, -0.15) is 5.10 Å². The number of hydrogen-bond acceptors (Lipinski definition) is 4. The first kappa shape index (κ1) is 14.6. The van der Waals surface area contributed by atoms with E-state index >= 15 is 0 Å². The molecule has 0 fully saturated rings. The number of hydrogen-bond donors (Lipinski definition) is 1. The summed E-state index contributed by atoms with van der Waals surface area (Å²) < 4.78 is 1.79. The van der Waals surface area contributed by atoms with Gasteiger partial charge >= 0.3 is 0 Å². The van der Waals surface area contributed by atoms with E-state index in [-0.39, 0.29) is 17.2 Å². The number of anilines is 1. The second kappa shape index (κ2) is 6.56. The normalized spacial score (nSPS) is 12.4. The maximum atomic E-state index is 12.2. The molecule has 0 aliphatic carbocycles. The summed E-state index contributed by atoms with van der Waals surface area (Å²) in [6.07, 6.45) is 3.41. The lowest BCUT2D eigenvalue weighted by Gasteiger charge is -2.14. The molecule has 0 bridgehead atoms. The molecule has 0 radical (unpaired) electrons. The van der Waals surface area contributed by atoms with Crippen molar-refractivity contribution in [2.75, 3.05) is 5.32 Å². The van der Waals surface area contributed by atoms with Gasteiger partial charge < -0.3 is 5.32 Å². The molecule has 0 aliphatic heterocycles. The molecule has 6 heteroatoms. The number of nitrogens with one attached hydrogen (secondary N) is 1. The smallest absolute Gasteiger partial charge is 0.238 e. The van der Waals surface area contributed by atoms with Crippen LogP contribution in [0.1, 0.15) is 26.8 Å². The fourth-order valence-electron chi connectivity index (χ4n) is 1.70. The maximum absolute atomic E-state index is 12.2. The first-order valence-corrected chi connectivity index (χ1v) is 7.38. The zero-order chi connectivity index (χ0) is 14.5. The predicted octanol–water partition coefficient (Wildman–Crippen LogP) is 2.98. The summed E-state index contributed by atoms with van der Waals surface area (Å²) in [5, 5.41) is 7.72. The number of aromatic nitrogens is 3. The van der Waals surface area contributed by atoms with Gasteiger partial charge in [-0.25, -0.2) is 9.67 Å². The molecule has 0 spiro atoms. The number of amides is 1. The Morgan fingerprint density at radius 2 is 2.05 bits per heavy atom. The Balaban J connectivity index is 1.99. The van der Waals surface area contributed by atoms with E-state index in [1.165, 1.54) is 11.8 Å². The van der Waals surface area contributed by atoms with Crippen molar-refractivity contribution in [3.05, 3.63) is 36.7 Å². The van der Waals surface area contributed by atoms with Crippen LogP contribution in [0.2, 0.25) is 0 Å². The van der Waals surface area contributed by atoms with Crippen LogP contribution in [0.25, 0.3) is 0 Å². The Labute approximate surface area is 122 Å². The van der Waals surface area contributed by atoms with Crippen molar-refractivity contribution >= 4 is 23.5 Å². The van der Waals surface area contributed by atoms with Crippen LogP contribution in [0.3, 0.4) is 0 Å². The molecule has 0 saturated heterocycles. The second-order valence-corrected chi connectivity index (χ2v) is 6.03. The SMILES string of the molecule is CC(Sc1ccccn1)C(=O)Nc1ccnn1C(C)C. The van der Waals surface area contributed by atoms with Crippen molar-refractivity contribution in [1.82, 2.24) is 14.8 Å². The molecule has 2 aromatic heterocycles. The Bertz CT molecular complexity index is 568. The number of pyridine rings is 1. The highest BCUT2D eigenvalue weighted by atomic mass is 32.2. The topological polar surface area (TPSA) is 59.8 Å². The average molecular weight is 290 g/mol. The third-order valence-corrected chi connectivity index (χ3v) is 3.77. The fourth-order valence-corrected chi connectivity index (χ4v) is 2.51. The van der Waals surface area contributed by atoms with Crippen LogP contribution in [0.15, 0.2) is 41.7 Å². The summed E-state index contributed by atoms with van der Waals surface area (Å²) in [7, 11) is 0. The molecule has 0 aromatic carbocycles. The number of rotatable bonds is 5. The van der Waals surface area contributed by atoms with Gasteiger partial charge in [0.25, 0.3) is 0 Å². The lowest BCUT2D eigenvalue weighted by atomic mass is 10.4. The van der Waals surface area contributed by atoms with Gasteiger partial charge in [0.2, 0.25) is 5.91 Å². The highest BCUT2D eigenvalue weighted by Crippen LogP contribution is 2.22. The molecule has 1 unspecified atom stereocenters. The molecule has 0 saturated carbocycles. The largest absolute Gasteiger partial charge is 0.310 e. The van der Waals surface area contributed by atoms with E-state index in [1.54, 1.807) is 23.1 Å². The van der Waals surface area contributed by atoms with Crippen molar-refractivity contribution in [3.8, 4) is 0 Å². The van der Waals surface area contributed by atoms with Crippen LogP contribution >= 0.6 is 11.8 Å². The Hall–Kier alpha value is -1.82. The third-order valence-electron chi connectivity index (χ3n) is 2.72. The first-order chi connectivity index (χ1) is 9.58. The van der Waals surface area contributed by atoms with E-state index in [9.17, 15) is 4.79 Å². The highest BCUT2D eigenvalue weighted by Gasteiger charge is 2.17. The Morgan fingerprint density at radius 1 is 1.25 bits per heavy atom. The van der Waals surface area contributed by atoms with Gasteiger partial charge in [-0.15, -0.1) is 0 Å². The average Bonchev–Trinajstić information content (AvgIpc) is 2.88. The summed E-state index contributed by atoms with van der Waals surface area (Å²) in [6.45, 7) is 5.91. The van der Waals surface area contributed by atoms with Crippen molar-refractivity contribution in [2.24, 2.45) is 0 Å². The molecular formula is C14H18N4OS. The number of carbonyl (C=O) groups is 1. The van der Waals surface area contributed by atoms with E-state index in [2.05, 4.69) is 15.4 Å². The van der Waals surface area contributed by atoms with E-state index in [1.807, 2.05) is 39.0 Å². The number of nitrogens with zero attached hydrogens (tertiary/aromatic N) is 3. The van der Waals surface area contributed by atoms with Crippen molar-refractivity contribution in [1.29, 1.82) is 0 Å². The van der Waals surface area contributed by atoms with Gasteiger partial charge in [0.15, 0.2) is 0 Å². The lowest BCUT2D eigenvalue weighted by Crippen LogP contribution is -2.24. The van der Waals surface area contributed by atoms with Crippen LogP contribution in [0.4, 0.5) is 5.82 Å². The molecule has 20 heavy (non-hydrogen) atoms. The maximum Gasteiger partial charge on any atom is 0.238 e. The molecule has 1 N–H and O–H groups in total. The number of thioether (sulfide) groups is 1. The van der Waals surface area contributed by atoms with Crippen molar-refractivity contribution in [3.63, 3.8) is 0 Å². The summed E-state index contributed by atoms with van der Waals surface area (Å²) in [5.74, 6) is 0.668. The molecule has 2 rings (SSSR count). The minimum absolute atomic E-state index is 0.0527. The summed E-state index contributed by atoms with van der Waals surface area (Å²) in [5.41, 5.74) is 0. The predicted molar refractivity (Wildman–Crippen MR) is 80.8 cm³/mol. The van der Waals surface area contributed by atoms with E-state index in [0.29, 0.717) is 0 Å². The first-order valence-electron chi connectivity index (χ1n) is 6.50. The van der Waals surface area contributed by atoms with Crippen LogP contribution in [-0.2, 0) is 4.79 Å². The van der Waals surface area contributed by atoms with Crippen LogP contribution in [0, 0.1) is 0 Å². The summed E-state index contributed by atoms with van der Waals surface area (Å²) in [6, 6.07) is 7.67. The molecule has 2 aromatic rings. The number of carbonyl (C=O) groups excluding carboxylic acids is 1. The standard InChI is InChI=1S/C14H18N4OS/c1-10(2)18-12(7-9-16-18)17-14(19)11(3)20-13-6-4-5-8-15-13/h4-11H,1-3H3,(H,17,19). The zero-order valence-electron chi connectivity index (χ0n) is 11.8. The monoisotopic (exact) mass is 290 g/mol. The van der Waals surface area contributed by atoms with E-state index in [0.717, 1.165) is 10.8 Å². The van der Waals surface area contributed by atoms with Crippen LogP contribution in [-0.4, -0.2) is 25.9 Å². The van der Waals surface area contributed by atoms with Gasteiger partial charge in [0.1, 0.15) is 5.82 Å². The fraction of sp³-hybridized carbons (Fsp3) is 0.357. The Morgan fingerprint density at radius 3 is 2.70 bits per heavy atom. The van der Waals surface area contributed by atoms with Gasteiger partial charge in [-0.1, -0.05) is 17.8 Å². The quantitative estimate of drug-likeness (QED) is 0.860. The minimum atomic E-state index is -0.222. The van der Waals surface area contributed by atoms with Gasteiger partial charge in [-0.3, -0.25) is 4.79 Å². The zero-order valence-corrected chi connectivity index (χ0v) is 12.6. The summed E-state index contributed by atoms with van der Waals surface area (Å²) >= 11 is 1.43. The van der Waals surface area contributed by atoms with Gasteiger partial charge in [0, 0.05) is 18.3 Å². The molecule has 5 nitrogen and oxygen atoms in total. The molecule has 1 amide bonds. The van der Waals surface area contributed by atoms with E-state index in [4.69, 9.17) is 0 Å². The van der Waals surface area contributed by atoms with Crippen LogP contribution in [0.5, 0.6) is 0 Å². The molecule has 0 aliphatic rings. The van der Waals surface area contributed by atoms with Gasteiger partial charge in [-0.05, 0) is 32.9 Å². The highest BCUT2D eigenvalue weighted by molar-refractivity contribution is 8.00. The molecule has 106 valence electrons. The minimum Gasteiger partial charge on any atom is -0.310 e. The van der Waals surface area contributed by atoms with Crippen molar-refractivity contribution < 1.29 is 4.79 Å². The third kappa shape index (κ3) is 3.60.